The minimum absolute atomic E-state index is 0.0254. The molecule has 0 aromatic heterocycles. The van der Waals surface area contributed by atoms with E-state index in [1.807, 2.05) is 6.92 Å². The van der Waals surface area contributed by atoms with E-state index in [1.54, 1.807) is 0 Å². The molecule has 19 heavy (non-hydrogen) atoms. The quantitative estimate of drug-likeness (QED) is 0.517. The number of aliphatic hydroxyl groups is 2. The standard InChI is InChI=1S/C15H24BrClO2/c1-9-7-10(18)12(16)13(2,3)15(9)6-5-14(4,19)11(17)8-15/h10-12,18-19H,1,5-8H2,2-4H3. The van der Waals surface area contributed by atoms with Crippen molar-refractivity contribution in [1.82, 2.24) is 0 Å². The molecule has 110 valence electrons. The fraction of sp³-hybridized carbons (Fsp3) is 0.867. The summed E-state index contributed by atoms with van der Waals surface area (Å²) in [7, 11) is 0. The molecule has 0 aromatic rings. The van der Waals surface area contributed by atoms with Crippen LogP contribution in [0.2, 0.25) is 0 Å². The Hall–Kier alpha value is 0.430. The number of hydrogen-bond donors (Lipinski definition) is 2. The van der Waals surface area contributed by atoms with Crippen LogP contribution in [0.4, 0.5) is 0 Å². The molecule has 0 amide bonds. The van der Waals surface area contributed by atoms with Gasteiger partial charge in [-0.05, 0) is 43.4 Å². The van der Waals surface area contributed by atoms with Crippen molar-refractivity contribution < 1.29 is 10.2 Å². The molecule has 1 spiro atoms. The van der Waals surface area contributed by atoms with E-state index in [0.29, 0.717) is 12.8 Å². The summed E-state index contributed by atoms with van der Waals surface area (Å²) in [5.41, 5.74) is 0.0448. The van der Waals surface area contributed by atoms with Gasteiger partial charge in [-0.3, -0.25) is 0 Å². The van der Waals surface area contributed by atoms with Gasteiger partial charge in [0.2, 0.25) is 0 Å². The van der Waals surface area contributed by atoms with Crippen molar-refractivity contribution in [2.45, 2.75) is 68.4 Å². The maximum absolute atomic E-state index is 10.3. The molecular formula is C15H24BrClO2. The molecule has 0 saturated heterocycles. The first kappa shape index (κ1) is 15.8. The van der Waals surface area contributed by atoms with Gasteiger partial charge in [-0.15, -0.1) is 11.6 Å². The normalized spacial score (nSPS) is 50.5. The Bertz CT molecular complexity index is 394. The lowest BCUT2D eigenvalue weighted by Gasteiger charge is -2.60. The van der Waals surface area contributed by atoms with Gasteiger partial charge in [0.05, 0.1) is 17.1 Å². The number of aliphatic hydroxyl groups excluding tert-OH is 1. The molecular weight excluding hydrogens is 328 g/mol. The summed E-state index contributed by atoms with van der Waals surface area (Å²) in [6.07, 6.45) is 2.50. The van der Waals surface area contributed by atoms with Gasteiger partial charge in [0.25, 0.3) is 0 Å². The molecule has 5 unspecified atom stereocenters. The molecule has 2 aliphatic rings. The van der Waals surface area contributed by atoms with E-state index >= 15 is 0 Å². The van der Waals surface area contributed by atoms with Gasteiger partial charge < -0.3 is 10.2 Å². The van der Waals surface area contributed by atoms with Gasteiger partial charge in [0, 0.05) is 4.83 Å². The van der Waals surface area contributed by atoms with Crippen LogP contribution in [-0.4, -0.2) is 32.1 Å². The van der Waals surface area contributed by atoms with E-state index in [1.165, 1.54) is 0 Å². The van der Waals surface area contributed by atoms with Crippen molar-refractivity contribution >= 4 is 27.5 Å². The van der Waals surface area contributed by atoms with Gasteiger partial charge in [-0.1, -0.05) is 41.9 Å². The smallest absolute Gasteiger partial charge is 0.0783 e. The van der Waals surface area contributed by atoms with Crippen LogP contribution in [0, 0.1) is 10.8 Å². The van der Waals surface area contributed by atoms with Crippen LogP contribution in [-0.2, 0) is 0 Å². The minimum atomic E-state index is -0.805. The van der Waals surface area contributed by atoms with Crippen molar-refractivity contribution in [2.24, 2.45) is 10.8 Å². The van der Waals surface area contributed by atoms with Crippen LogP contribution in [0.5, 0.6) is 0 Å². The highest BCUT2D eigenvalue weighted by molar-refractivity contribution is 9.09. The third-order valence-corrected chi connectivity index (χ3v) is 8.03. The van der Waals surface area contributed by atoms with Gasteiger partial charge >= 0.3 is 0 Å². The fourth-order valence-corrected chi connectivity index (χ4v) is 4.91. The molecule has 0 bridgehead atoms. The van der Waals surface area contributed by atoms with Crippen LogP contribution in [0.3, 0.4) is 0 Å². The van der Waals surface area contributed by atoms with Crippen molar-refractivity contribution in [3.63, 3.8) is 0 Å². The van der Waals surface area contributed by atoms with Crippen LogP contribution in [0.25, 0.3) is 0 Å². The lowest BCUT2D eigenvalue weighted by atomic mass is 9.49. The molecule has 2 nitrogen and oxygen atoms in total. The summed E-state index contributed by atoms with van der Waals surface area (Å²) in [6.45, 7) is 10.4. The maximum atomic E-state index is 10.3. The minimum Gasteiger partial charge on any atom is -0.392 e. The summed E-state index contributed by atoms with van der Waals surface area (Å²) in [4.78, 5) is 0.0254. The summed E-state index contributed by atoms with van der Waals surface area (Å²) in [6, 6.07) is 0. The Morgan fingerprint density at radius 2 is 1.89 bits per heavy atom. The van der Waals surface area contributed by atoms with Crippen LogP contribution < -0.4 is 0 Å². The van der Waals surface area contributed by atoms with E-state index in [0.717, 1.165) is 18.4 Å². The molecule has 0 heterocycles. The van der Waals surface area contributed by atoms with E-state index in [-0.39, 0.29) is 21.0 Å². The molecule has 5 atom stereocenters. The zero-order chi connectivity index (χ0) is 14.6. The highest BCUT2D eigenvalue weighted by atomic mass is 79.9. The van der Waals surface area contributed by atoms with Gasteiger partial charge in [-0.25, -0.2) is 0 Å². The predicted octanol–water partition coefficient (Wildman–Crippen LogP) is 3.63. The average molecular weight is 352 g/mol. The van der Waals surface area contributed by atoms with Crippen molar-refractivity contribution in [2.75, 3.05) is 0 Å². The molecule has 2 saturated carbocycles. The Balaban J connectivity index is 2.39. The first-order chi connectivity index (χ1) is 8.54. The second-order valence-electron chi connectivity index (χ2n) is 7.11. The fourth-order valence-electron chi connectivity index (χ4n) is 3.91. The summed E-state index contributed by atoms with van der Waals surface area (Å²) < 4.78 is 0. The van der Waals surface area contributed by atoms with Crippen molar-refractivity contribution in [3.8, 4) is 0 Å². The maximum Gasteiger partial charge on any atom is 0.0783 e. The topological polar surface area (TPSA) is 40.5 Å². The SMILES string of the molecule is C=C1CC(O)C(Br)C(C)(C)C12CCC(C)(O)C(Cl)C2. The monoisotopic (exact) mass is 350 g/mol. The van der Waals surface area contributed by atoms with Gasteiger partial charge in [-0.2, -0.15) is 0 Å². The molecule has 2 aliphatic carbocycles. The lowest BCUT2D eigenvalue weighted by molar-refractivity contribution is -0.0687. The molecule has 4 heteroatoms. The van der Waals surface area contributed by atoms with Gasteiger partial charge in [0.1, 0.15) is 0 Å². The van der Waals surface area contributed by atoms with E-state index in [9.17, 15) is 10.2 Å². The molecule has 0 aromatic carbocycles. The number of rotatable bonds is 0. The van der Waals surface area contributed by atoms with Gasteiger partial charge in [0.15, 0.2) is 0 Å². The Morgan fingerprint density at radius 1 is 1.32 bits per heavy atom. The van der Waals surface area contributed by atoms with Crippen molar-refractivity contribution in [3.05, 3.63) is 12.2 Å². The van der Waals surface area contributed by atoms with Crippen LogP contribution >= 0.6 is 27.5 Å². The highest BCUT2D eigenvalue weighted by Gasteiger charge is 2.59. The van der Waals surface area contributed by atoms with E-state index < -0.39 is 11.7 Å². The molecule has 0 aliphatic heterocycles. The summed E-state index contributed by atoms with van der Waals surface area (Å²) in [5.74, 6) is 0. The second kappa shape index (κ2) is 4.72. The van der Waals surface area contributed by atoms with Crippen LogP contribution in [0.1, 0.15) is 46.5 Å². The predicted molar refractivity (Wildman–Crippen MR) is 82.8 cm³/mol. The van der Waals surface area contributed by atoms with E-state index in [4.69, 9.17) is 11.6 Å². The lowest BCUT2D eigenvalue weighted by Crippen LogP contribution is -2.59. The first-order valence-electron chi connectivity index (χ1n) is 6.91. The molecule has 0 radical (unpaired) electrons. The summed E-state index contributed by atoms with van der Waals surface area (Å²) >= 11 is 10.1. The Morgan fingerprint density at radius 3 is 2.42 bits per heavy atom. The second-order valence-corrected chi connectivity index (χ2v) is 8.62. The Labute approximate surface area is 129 Å². The third kappa shape index (κ3) is 2.21. The van der Waals surface area contributed by atoms with E-state index in [2.05, 4.69) is 36.4 Å². The average Bonchev–Trinajstić information content (AvgIpc) is 2.29. The molecule has 2 rings (SSSR count). The highest BCUT2D eigenvalue weighted by Crippen LogP contribution is 2.63. The third-order valence-electron chi connectivity index (χ3n) is 5.65. The number of halogens is 2. The Kier molecular flexibility index (Phi) is 3.93. The molecule has 2 fully saturated rings. The number of hydrogen-bond acceptors (Lipinski definition) is 2. The van der Waals surface area contributed by atoms with Crippen molar-refractivity contribution in [1.29, 1.82) is 0 Å². The zero-order valence-corrected chi connectivity index (χ0v) is 14.3. The first-order valence-corrected chi connectivity index (χ1v) is 8.27. The zero-order valence-electron chi connectivity index (χ0n) is 11.9. The largest absolute Gasteiger partial charge is 0.392 e. The van der Waals surface area contributed by atoms with Crippen LogP contribution in [0.15, 0.2) is 12.2 Å². The summed E-state index contributed by atoms with van der Waals surface area (Å²) in [5, 5.41) is 20.2. The number of alkyl halides is 2. The molecule has 2 N–H and O–H groups in total.